The van der Waals surface area contributed by atoms with Crippen LogP contribution in [-0.4, -0.2) is 35.8 Å². The Hall–Kier alpha value is -1.30. The summed E-state index contributed by atoms with van der Waals surface area (Å²) in [5, 5.41) is 3.21. The first-order valence-corrected chi connectivity index (χ1v) is 8.18. The minimum absolute atomic E-state index is 0. The van der Waals surface area contributed by atoms with Gasteiger partial charge in [-0.15, -0.1) is 12.4 Å². The molecule has 0 radical (unpaired) electrons. The molecule has 1 aliphatic rings. The second kappa shape index (κ2) is 8.19. The van der Waals surface area contributed by atoms with Crippen LogP contribution in [0.15, 0.2) is 18.2 Å². The van der Waals surface area contributed by atoms with Gasteiger partial charge in [-0.3, -0.25) is 9.59 Å². The molecule has 1 aromatic carbocycles. The third-order valence-corrected chi connectivity index (χ3v) is 4.01. The van der Waals surface area contributed by atoms with E-state index in [0.29, 0.717) is 35.8 Å². The van der Waals surface area contributed by atoms with Gasteiger partial charge in [0.15, 0.2) is 0 Å². The van der Waals surface area contributed by atoms with Gasteiger partial charge in [-0.1, -0.05) is 32.4 Å². The number of carbonyl (C=O) groups excluding carboxylic acids is 2. The van der Waals surface area contributed by atoms with Crippen LogP contribution in [0.25, 0.3) is 0 Å². The molecule has 24 heavy (non-hydrogen) atoms. The normalized spacial score (nSPS) is 17.4. The summed E-state index contributed by atoms with van der Waals surface area (Å²) in [5.74, 6) is -0.226. The Morgan fingerprint density at radius 3 is 2.58 bits per heavy atom. The first-order chi connectivity index (χ1) is 10.7. The van der Waals surface area contributed by atoms with Gasteiger partial charge in [0.05, 0.1) is 10.6 Å². The highest BCUT2D eigenvalue weighted by atomic mass is 35.5. The highest BCUT2D eigenvalue weighted by Gasteiger charge is 2.26. The van der Waals surface area contributed by atoms with E-state index in [1.54, 1.807) is 23.1 Å². The number of hydrogen-bond donors (Lipinski definition) is 2. The van der Waals surface area contributed by atoms with E-state index in [2.05, 4.69) is 5.32 Å². The van der Waals surface area contributed by atoms with Gasteiger partial charge in [-0.25, -0.2) is 0 Å². The molecule has 7 heteroatoms. The number of anilines is 1. The summed E-state index contributed by atoms with van der Waals surface area (Å²) in [5.41, 5.74) is 6.73. The molecule has 0 saturated carbocycles. The first-order valence-electron chi connectivity index (χ1n) is 7.80. The van der Waals surface area contributed by atoms with Crippen molar-refractivity contribution in [2.45, 2.75) is 39.7 Å². The van der Waals surface area contributed by atoms with Crippen molar-refractivity contribution < 1.29 is 9.59 Å². The molecule has 0 spiro atoms. The van der Waals surface area contributed by atoms with Gasteiger partial charge in [0.25, 0.3) is 5.91 Å². The Bertz CT molecular complexity index is 614. The van der Waals surface area contributed by atoms with Crippen molar-refractivity contribution in [2.24, 2.45) is 11.1 Å². The lowest BCUT2D eigenvalue weighted by molar-refractivity contribution is -0.117. The van der Waals surface area contributed by atoms with Gasteiger partial charge in [0, 0.05) is 31.2 Å². The van der Waals surface area contributed by atoms with Crippen molar-refractivity contribution in [1.82, 2.24) is 4.90 Å². The number of nitrogens with two attached hydrogens (primary N) is 1. The summed E-state index contributed by atoms with van der Waals surface area (Å²) in [6.45, 7) is 7.17. The SMILES string of the molecule is CC(C)(C)CC(=O)Nc1ccc(Cl)c(C(=O)N2CC[C@@H](N)C2)c1.Cl. The van der Waals surface area contributed by atoms with E-state index in [0.717, 1.165) is 6.42 Å². The van der Waals surface area contributed by atoms with E-state index in [-0.39, 0.29) is 35.7 Å². The number of nitrogens with one attached hydrogen (secondary N) is 1. The molecule has 2 amide bonds. The number of halogens is 2. The molecule has 0 aliphatic carbocycles. The van der Waals surface area contributed by atoms with E-state index in [1.807, 2.05) is 20.8 Å². The van der Waals surface area contributed by atoms with E-state index >= 15 is 0 Å². The van der Waals surface area contributed by atoms with Gasteiger partial charge >= 0.3 is 0 Å². The van der Waals surface area contributed by atoms with Gasteiger partial charge in [0.2, 0.25) is 5.91 Å². The van der Waals surface area contributed by atoms with E-state index in [9.17, 15) is 9.59 Å². The van der Waals surface area contributed by atoms with Crippen molar-refractivity contribution in [1.29, 1.82) is 0 Å². The Morgan fingerprint density at radius 1 is 1.38 bits per heavy atom. The zero-order valence-corrected chi connectivity index (χ0v) is 15.8. The summed E-state index contributed by atoms with van der Waals surface area (Å²) >= 11 is 6.16. The zero-order valence-electron chi connectivity index (χ0n) is 14.3. The van der Waals surface area contributed by atoms with E-state index < -0.39 is 0 Å². The molecular weight excluding hydrogens is 349 g/mol. The van der Waals surface area contributed by atoms with Crippen LogP contribution in [0.2, 0.25) is 5.02 Å². The molecular formula is C17H25Cl2N3O2. The molecule has 3 N–H and O–H groups in total. The topological polar surface area (TPSA) is 75.4 Å². The van der Waals surface area contributed by atoms with Gasteiger partial charge in [0.1, 0.15) is 0 Å². The predicted molar refractivity (Wildman–Crippen MR) is 99.9 cm³/mol. The summed E-state index contributed by atoms with van der Waals surface area (Å²) in [6.07, 6.45) is 1.20. The molecule has 2 rings (SSSR count). The number of hydrogen-bond acceptors (Lipinski definition) is 3. The third kappa shape index (κ3) is 5.65. The maximum Gasteiger partial charge on any atom is 0.255 e. The highest BCUT2D eigenvalue weighted by molar-refractivity contribution is 6.34. The van der Waals surface area contributed by atoms with Crippen molar-refractivity contribution >= 4 is 41.5 Å². The van der Waals surface area contributed by atoms with Crippen molar-refractivity contribution in [3.05, 3.63) is 28.8 Å². The minimum Gasteiger partial charge on any atom is -0.337 e. The number of rotatable bonds is 3. The fraction of sp³-hybridized carbons (Fsp3) is 0.529. The number of amides is 2. The second-order valence-corrected chi connectivity index (χ2v) is 7.69. The van der Waals surface area contributed by atoms with Crippen LogP contribution in [0.5, 0.6) is 0 Å². The summed E-state index contributed by atoms with van der Waals surface area (Å²) < 4.78 is 0. The Balaban J connectivity index is 0.00000288. The van der Waals surface area contributed by atoms with Gasteiger partial charge in [-0.05, 0) is 30.0 Å². The van der Waals surface area contributed by atoms with Crippen molar-refractivity contribution in [3.63, 3.8) is 0 Å². The van der Waals surface area contributed by atoms with Crippen LogP contribution in [-0.2, 0) is 4.79 Å². The molecule has 1 aliphatic heterocycles. The maximum absolute atomic E-state index is 12.6. The number of likely N-dealkylation sites (tertiary alicyclic amines) is 1. The van der Waals surface area contributed by atoms with Crippen LogP contribution in [0.1, 0.15) is 44.0 Å². The lowest BCUT2D eigenvalue weighted by Crippen LogP contribution is -2.32. The number of benzene rings is 1. The standard InChI is InChI=1S/C17H24ClN3O2.ClH/c1-17(2,3)9-15(22)20-12-4-5-14(18)13(8-12)16(23)21-7-6-11(19)10-21;/h4-5,8,11H,6-7,9-10,19H2,1-3H3,(H,20,22);1H/t11-;/m1./s1. The highest BCUT2D eigenvalue weighted by Crippen LogP contribution is 2.25. The zero-order chi connectivity index (χ0) is 17.2. The fourth-order valence-electron chi connectivity index (χ4n) is 2.60. The molecule has 0 bridgehead atoms. The molecule has 1 saturated heterocycles. The molecule has 0 aromatic heterocycles. The quantitative estimate of drug-likeness (QED) is 0.852. The molecule has 5 nitrogen and oxygen atoms in total. The predicted octanol–water partition coefficient (Wildman–Crippen LogP) is 3.31. The average Bonchev–Trinajstić information content (AvgIpc) is 2.84. The van der Waals surface area contributed by atoms with Crippen LogP contribution < -0.4 is 11.1 Å². The number of carbonyl (C=O) groups is 2. The molecule has 1 heterocycles. The number of nitrogens with zero attached hydrogens (tertiary/aromatic N) is 1. The second-order valence-electron chi connectivity index (χ2n) is 7.28. The van der Waals surface area contributed by atoms with Crippen LogP contribution in [0.3, 0.4) is 0 Å². The minimum atomic E-state index is -0.144. The largest absolute Gasteiger partial charge is 0.337 e. The Morgan fingerprint density at radius 2 is 2.04 bits per heavy atom. The first kappa shape index (κ1) is 20.7. The van der Waals surface area contributed by atoms with Crippen LogP contribution in [0, 0.1) is 5.41 Å². The summed E-state index contributed by atoms with van der Waals surface area (Å²) in [7, 11) is 0. The maximum atomic E-state index is 12.6. The Kier molecular flexibility index (Phi) is 7.08. The molecule has 0 unspecified atom stereocenters. The molecule has 1 fully saturated rings. The Labute approximate surface area is 154 Å². The smallest absolute Gasteiger partial charge is 0.255 e. The van der Waals surface area contributed by atoms with E-state index in [4.69, 9.17) is 17.3 Å². The monoisotopic (exact) mass is 373 g/mol. The van der Waals surface area contributed by atoms with Crippen molar-refractivity contribution in [2.75, 3.05) is 18.4 Å². The van der Waals surface area contributed by atoms with Crippen LogP contribution >= 0.6 is 24.0 Å². The van der Waals surface area contributed by atoms with Gasteiger partial charge < -0.3 is 16.0 Å². The third-order valence-electron chi connectivity index (χ3n) is 3.68. The summed E-state index contributed by atoms with van der Waals surface area (Å²) in [6, 6.07) is 4.99. The molecule has 1 aromatic rings. The molecule has 1 atom stereocenters. The molecule has 134 valence electrons. The summed E-state index contributed by atoms with van der Waals surface area (Å²) in [4.78, 5) is 26.3. The van der Waals surface area contributed by atoms with Crippen molar-refractivity contribution in [3.8, 4) is 0 Å². The lowest BCUT2D eigenvalue weighted by atomic mass is 9.92. The average molecular weight is 374 g/mol. The van der Waals surface area contributed by atoms with E-state index in [1.165, 1.54) is 0 Å². The van der Waals surface area contributed by atoms with Gasteiger partial charge in [-0.2, -0.15) is 0 Å². The van der Waals surface area contributed by atoms with Crippen LogP contribution in [0.4, 0.5) is 5.69 Å². The fourth-order valence-corrected chi connectivity index (χ4v) is 2.79. The lowest BCUT2D eigenvalue weighted by Gasteiger charge is -2.19.